The SMILES string of the molecule is NC(=O)c1cc(C=O)c2nc[nH]c2c1. The molecule has 0 saturated heterocycles. The molecule has 0 unspecified atom stereocenters. The van der Waals surface area contributed by atoms with E-state index < -0.39 is 5.91 Å². The molecular weight excluding hydrogens is 182 g/mol. The monoisotopic (exact) mass is 189 g/mol. The lowest BCUT2D eigenvalue weighted by Crippen LogP contribution is -2.11. The predicted molar refractivity (Wildman–Crippen MR) is 50.0 cm³/mol. The zero-order valence-corrected chi connectivity index (χ0v) is 7.15. The summed E-state index contributed by atoms with van der Waals surface area (Å²) in [6.07, 6.45) is 2.11. The Morgan fingerprint density at radius 3 is 2.93 bits per heavy atom. The fourth-order valence-corrected chi connectivity index (χ4v) is 1.31. The van der Waals surface area contributed by atoms with Gasteiger partial charge in [-0.25, -0.2) is 4.98 Å². The molecule has 0 aliphatic rings. The van der Waals surface area contributed by atoms with Crippen LogP contribution in [0.25, 0.3) is 11.0 Å². The van der Waals surface area contributed by atoms with Gasteiger partial charge in [-0.15, -0.1) is 0 Å². The Morgan fingerprint density at radius 1 is 1.50 bits per heavy atom. The third kappa shape index (κ3) is 1.15. The van der Waals surface area contributed by atoms with Gasteiger partial charge in [0.1, 0.15) is 0 Å². The van der Waals surface area contributed by atoms with E-state index in [1.165, 1.54) is 12.4 Å². The normalized spacial score (nSPS) is 10.3. The number of fused-ring (bicyclic) bond motifs is 1. The molecule has 70 valence electrons. The van der Waals surface area contributed by atoms with E-state index >= 15 is 0 Å². The van der Waals surface area contributed by atoms with Gasteiger partial charge in [0.25, 0.3) is 0 Å². The summed E-state index contributed by atoms with van der Waals surface area (Å²) in [5, 5.41) is 0. The van der Waals surface area contributed by atoms with Crippen LogP contribution in [0.5, 0.6) is 0 Å². The highest BCUT2D eigenvalue weighted by Gasteiger charge is 2.08. The molecule has 0 fully saturated rings. The van der Waals surface area contributed by atoms with E-state index in [1.807, 2.05) is 0 Å². The van der Waals surface area contributed by atoms with Gasteiger partial charge in [0, 0.05) is 11.1 Å². The second-order valence-corrected chi connectivity index (χ2v) is 2.85. The van der Waals surface area contributed by atoms with Crippen LogP contribution in [0, 0.1) is 0 Å². The van der Waals surface area contributed by atoms with Crippen LogP contribution in [-0.4, -0.2) is 22.2 Å². The van der Waals surface area contributed by atoms with E-state index in [4.69, 9.17) is 5.73 Å². The fourth-order valence-electron chi connectivity index (χ4n) is 1.31. The average molecular weight is 189 g/mol. The van der Waals surface area contributed by atoms with Crippen molar-refractivity contribution in [1.29, 1.82) is 0 Å². The first-order valence-corrected chi connectivity index (χ1v) is 3.94. The summed E-state index contributed by atoms with van der Waals surface area (Å²) in [5.41, 5.74) is 6.94. The second kappa shape index (κ2) is 2.95. The average Bonchev–Trinajstić information content (AvgIpc) is 2.63. The molecule has 1 heterocycles. The Hall–Kier alpha value is -2.17. The molecule has 14 heavy (non-hydrogen) atoms. The van der Waals surface area contributed by atoms with Crippen molar-refractivity contribution < 1.29 is 9.59 Å². The van der Waals surface area contributed by atoms with Crippen molar-refractivity contribution in [3.8, 4) is 0 Å². The number of carbonyl (C=O) groups excluding carboxylic acids is 2. The van der Waals surface area contributed by atoms with E-state index in [-0.39, 0.29) is 0 Å². The largest absolute Gasteiger partial charge is 0.366 e. The van der Waals surface area contributed by atoms with Crippen molar-refractivity contribution in [3.63, 3.8) is 0 Å². The fraction of sp³-hybridized carbons (Fsp3) is 0. The number of benzene rings is 1. The number of nitrogens with one attached hydrogen (secondary N) is 1. The third-order valence-corrected chi connectivity index (χ3v) is 1.96. The minimum Gasteiger partial charge on any atom is -0.366 e. The van der Waals surface area contributed by atoms with Crippen molar-refractivity contribution in [1.82, 2.24) is 9.97 Å². The maximum absolute atomic E-state index is 10.9. The number of carbonyl (C=O) groups is 2. The number of aromatic nitrogens is 2. The first-order valence-electron chi connectivity index (χ1n) is 3.94. The quantitative estimate of drug-likeness (QED) is 0.673. The Balaban J connectivity index is 2.79. The number of rotatable bonds is 2. The number of H-pyrrole nitrogens is 1. The number of primary amides is 1. The summed E-state index contributed by atoms with van der Waals surface area (Å²) in [7, 11) is 0. The molecule has 0 spiro atoms. The highest BCUT2D eigenvalue weighted by molar-refractivity contribution is 6.02. The molecule has 0 aliphatic carbocycles. The van der Waals surface area contributed by atoms with Gasteiger partial charge in [-0.05, 0) is 12.1 Å². The molecule has 0 atom stereocenters. The zero-order valence-electron chi connectivity index (χ0n) is 7.15. The van der Waals surface area contributed by atoms with Gasteiger partial charge in [0.05, 0.1) is 17.4 Å². The van der Waals surface area contributed by atoms with Crippen molar-refractivity contribution in [2.45, 2.75) is 0 Å². The molecule has 1 aromatic heterocycles. The molecule has 0 radical (unpaired) electrons. The highest BCUT2D eigenvalue weighted by Crippen LogP contribution is 2.15. The minimum absolute atomic E-state index is 0.295. The first-order chi connectivity index (χ1) is 6.72. The lowest BCUT2D eigenvalue weighted by Gasteiger charge is -1.97. The van der Waals surface area contributed by atoms with Crippen LogP contribution in [0.4, 0.5) is 0 Å². The standard InChI is InChI=1S/C9H7N3O2/c10-9(14)5-1-6(3-13)8-7(2-5)11-4-12-8/h1-4H,(H2,10,14)(H,11,12). The van der Waals surface area contributed by atoms with E-state index in [9.17, 15) is 9.59 Å². The predicted octanol–water partition coefficient (Wildman–Crippen LogP) is 0.474. The third-order valence-electron chi connectivity index (χ3n) is 1.96. The van der Waals surface area contributed by atoms with Gasteiger partial charge in [-0.1, -0.05) is 0 Å². The summed E-state index contributed by atoms with van der Waals surface area (Å²) in [6.45, 7) is 0. The molecular formula is C9H7N3O2. The number of aldehydes is 1. The molecule has 3 N–H and O–H groups in total. The Labute approximate surface area is 78.9 Å². The maximum atomic E-state index is 10.9. The van der Waals surface area contributed by atoms with Crippen molar-refractivity contribution in [2.75, 3.05) is 0 Å². The summed E-state index contributed by atoms with van der Waals surface area (Å²) >= 11 is 0. The molecule has 0 aliphatic heterocycles. The summed E-state index contributed by atoms with van der Waals surface area (Å²) in [5.74, 6) is -0.565. The number of hydrogen-bond acceptors (Lipinski definition) is 3. The van der Waals surface area contributed by atoms with E-state index in [1.54, 1.807) is 6.07 Å². The van der Waals surface area contributed by atoms with Crippen molar-refractivity contribution in [2.24, 2.45) is 5.73 Å². The number of imidazole rings is 1. The summed E-state index contributed by atoms with van der Waals surface area (Å²) in [4.78, 5) is 28.4. The second-order valence-electron chi connectivity index (χ2n) is 2.85. The van der Waals surface area contributed by atoms with E-state index in [0.29, 0.717) is 28.4 Å². The van der Waals surface area contributed by atoms with Crippen LogP contribution in [0.2, 0.25) is 0 Å². The highest BCUT2D eigenvalue weighted by atomic mass is 16.1. The number of nitrogens with zero attached hydrogens (tertiary/aromatic N) is 1. The van der Waals surface area contributed by atoms with Crippen LogP contribution in [-0.2, 0) is 0 Å². The number of amides is 1. The molecule has 5 nitrogen and oxygen atoms in total. The molecule has 0 saturated carbocycles. The van der Waals surface area contributed by atoms with Crippen LogP contribution in [0.3, 0.4) is 0 Å². The molecule has 0 bridgehead atoms. The van der Waals surface area contributed by atoms with Crippen molar-refractivity contribution >= 4 is 23.2 Å². The first kappa shape index (κ1) is 8.43. The van der Waals surface area contributed by atoms with Gasteiger partial charge < -0.3 is 10.7 Å². The number of aromatic amines is 1. The van der Waals surface area contributed by atoms with Gasteiger partial charge in [-0.2, -0.15) is 0 Å². The van der Waals surface area contributed by atoms with Gasteiger partial charge >= 0.3 is 0 Å². The Bertz CT molecular complexity index is 516. The van der Waals surface area contributed by atoms with E-state index in [0.717, 1.165) is 0 Å². The minimum atomic E-state index is -0.565. The summed E-state index contributed by atoms with van der Waals surface area (Å²) in [6, 6.07) is 3.00. The number of hydrogen-bond donors (Lipinski definition) is 2. The molecule has 2 aromatic rings. The van der Waals surface area contributed by atoms with Gasteiger partial charge in [-0.3, -0.25) is 9.59 Å². The topological polar surface area (TPSA) is 88.8 Å². The van der Waals surface area contributed by atoms with Crippen LogP contribution < -0.4 is 5.73 Å². The molecule has 1 amide bonds. The van der Waals surface area contributed by atoms with Crippen LogP contribution >= 0.6 is 0 Å². The van der Waals surface area contributed by atoms with Gasteiger partial charge in [0.15, 0.2) is 6.29 Å². The lowest BCUT2D eigenvalue weighted by molar-refractivity contribution is 0.100. The summed E-state index contributed by atoms with van der Waals surface area (Å²) < 4.78 is 0. The maximum Gasteiger partial charge on any atom is 0.248 e. The Kier molecular flexibility index (Phi) is 1.78. The Morgan fingerprint density at radius 2 is 2.29 bits per heavy atom. The molecule has 2 rings (SSSR count). The molecule has 5 heteroatoms. The number of nitrogens with two attached hydrogens (primary N) is 1. The smallest absolute Gasteiger partial charge is 0.248 e. The van der Waals surface area contributed by atoms with Crippen LogP contribution in [0.1, 0.15) is 20.7 Å². The van der Waals surface area contributed by atoms with Gasteiger partial charge in [0.2, 0.25) is 5.91 Å². The van der Waals surface area contributed by atoms with E-state index in [2.05, 4.69) is 9.97 Å². The van der Waals surface area contributed by atoms with Crippen molar-refractivity contribution in [3.05, 3.63) is 29.6 Å². The lowest BCUT2D eigenvalue weighted by atomic mass is 10.1. The van der Waals surface area contributed by atoms with Crippen LogP contribution in [0.15, 0.2) is 18.5 Å². The molecule has 1 aromatic carbocycles. The zero-order chi connectivity index (χ0) is 10.1.